The fraction of sp³-hybridized carbons (Fsp3) is 0.600. The van der Waals surface area contributed by atoms with E-state index in [1.54, 1.807) is 11.7 Å². The van der Waals surface area contributed by atoms with Crippen LogP contribution in [0.25, 0.3) is 0 Å². The lowest BCUT2D eigenvalue weighted by Crippen LogP contribution is -2.40. The summed E-state index contributed by atoms with van der Waals surface area (Å²) in [5.41, 5.74) is 1.14. The number of aromatic nitrogens is 2. The average molecular weight is 209 g/mol. The zero-order valence-electron chi connectivity index (χ0n) is 9.78. The van der Waals surface area contributed by atoms with Crippen LogP contribution in [0.2, 0.25) is 0 Å². The lowest BCUT2D eigenvalue weighted by molar-refractivity contribution is 0.699. The van der Waals surface area contributed by atoms with Crippen molar-refractivity contribution in [2.45, 2.75) is 26.4 Å². The number of rotatable bonds is 3. The second-order valence-electron chi connectivity index (χ2n) is 3.75. The third-order valence-corrected chi connectivity index (χ3v) is 1.87. The maximum Gasteiger partial charge on any atom is 0.191 e. The van der Waals surface area contributed by atoms with Gasteiger partial charge < -0.3 is 10.6 Å². The Bertz CT molecular complexity index is 326. The van der Waals surface area contributed by atoms with Crippen molar-refractivity contribution in [3.63, 3.8) is 0 Å². The SMILES string of the molecule is CN=C(NCc1cnn(C)c1)NC(C)C. The van der Waals surface area contributed by atoms with Crippen LogP contribution in [0.4, 0.5) is 0 Å². The smallest absolute Gasteiger partial charge is 0.191 e. The molecule has 0 aromatic carbocycles. The Labute approximate surface area is 90.6 Å². The summed E-state index contributed by atoms with van der Waals surface area (Å²) in [6, 6.07) is 0.380. The maximum absolute atomic E-state index is 4.12. The van der Waals surface area contributed by atoms with Crippen molar-refractivity contribution in [2.24, 2.45) is 12.0 Å². The first-order chi connectivity index (χ1) is 7.11. The second-order valence-corrected chi connectivity index (χ2v) is 3.75. The summed E-state index contributed by atoms with van der Waals surface area (Å²) < 4.78 is 1.79. The average Bonchev–Trinajstić information content (AvgIpc) is 2.58. The van der Waals surface area contributed by atoms with Gasteiger partial charge in [-0.05, 0) is 13.8 Å². The van der Waals surface area contributed by atoms with Gasteiger partial charge in [0.2, 0.25) is 0 Å². The molecular weight excluding hydrogens is 190 g/mol. The first kappa shape index (κ1) is 11.6. The summed E-state index contributed by atoms with van der Waals surface area (Å²) >= 11 is 0. The van der Waals surface area contributed by atoms with Gasteiger partial charge in [0.25, 0.3) is 0 Å². The van der Waals surface area contributed by atoms with E-state index in [1.807, 2.05) is 19.4 Å². The van der Waals surface area contributed by atoms with Gasteiger partial charge in [-0.15, -0.1) is 0 Å². The fourth-order valence-corrected chi connectivity index (χ4v) is 1.22. The third-order valence-electron chi connectivity index (χ3n) is 1.87. The van der Waals surface area contributed by atoms with Crippen molar-refractivity contribution in [1.29, 1.82) is 0 Å². The maximum atomic E-state index is 4.12. The first-order valence-electron chi connectivity index (χ1n) is 5.06. The molecule has 0 saturated heterocycles. The Hall–Kier alpha value is -1.52. The van der Waals surface area contributed by atoms with Crippen LogP contribution in [-0.4, -0.2) is 28.8 Å². The van der Waals surface area contributed by atoms with Crippen LogP contribution in [-0.2, 0) is 13.6 Å². The van der Waals surface area contributed by atoms with Crippen LogP contribution in [0.15, 0.2) is 17.4 Å². The minimum atomic E-state index is 0.380. The highest BCUT2D eigenvalue weighted by Crippen LogP contribution is 1.94. The summed E-state index contributed by atoms with van der Waals surface area (Å²) in [5, 5.41) is 10.5. The summed E-state index contributed by atoms with van der Waals surface area (Å²) in [4.78, 5) is 4.12. The van der Waals surface area contributed by atoms with Crippen LogP contribution in [0.3, 0.4) is 0 Å². The number of nitrogens with zero attached hydrogens (tertiary/aromatic N) is 3. The molecule has 0 bridgehead atoms. The molecule has 0 amide bonds. The highest BCUT2D eigenvalue weighted by atomic mass is 15.2. The zero-order chi connectivity index (χ0) is 11.3. The van der Waals surface area contributed by atoms with Gasteiger partial charge >= 0.3 is 0 Å². The van der Waals surface area contributed by atoms with E-state index in [1.165, 1.54) is 0 Å². The quantitative estimate of drug-likeness (QED) is 0.563. The van der Waals surface area contributed by atoms with Crippen LogP contribution >= 0.6 is 0 Å². The molecule has 0 aliphatic rings. The third kappa shape index (κ3) is 4.01. The molecule has 5 nitrogen and oxygen atoms in total. The van der Waals surface area contributed by atoms with Gasteiger partial charge in [0, 0.05) is 38.4 Å². The molecule has 1 rings (SSSR count). The van der Waals surface area contributed by atoms with E-state index in [0.29, 0.717) is 6.04 Å². The van der Waals surface area contributed by atoms with Gasteiger partial charge in [0.15, 0.2) is 5.96 Å². The normalized spacial score (nSPS) is 11.9. The Morgan fingerprint density at radius 1 is 1.60 bits per heavy atom. The van der Waals surface area contributed by atoms with Gasteiger partial charge in [-0.3, -0.25) is 9.67 Å². The van der Waals surface area contributed by atoms with E-state index in [-0.39, 0.29) is 0 Å². The first-order valence-corrected chi connectivity index (χ1v) is 5.06. The highest BCUT2D eigenvalue weighted by molar-refractivity contribution is 5.79. The van der Waals surface area contributed by atoms with E-state index in [2.05, 4.69) is 34.6 Å². The monoisotopic (exact) mass is 209 g/mol. The number of aryl methyl sites for hydroxylation is 1. The molecular formula is C10H19N5. The van der Waals surface area contributed by atoms with E-state index in [9.17, 15) is 0 Å². The van der Waals surface area contributed by atoms with Crippen molar-refractivity contribution >= 4 is 5.96 Å². The molecule has 0 saturated carbocycles. The van der Waals surface area contributed by atoms with Crippen LogP contribution in [0.1, 0.15) is 19.4 Å². The topological polar surface area (TPSA) is 54.2 Å². The van der Waals surface area contributed by atoms with Crippen molar-refractivity contribution in [3.8, 4) is 0 Å². The molecule has 1 aromatic heterocycles. The lowest BCUT2D eigenvalue weighted by Gasteiger charge is -2.13. The van der Waals surface area contributed by atoms with Crippen LogP contribution < -0.4 is 10.6 Å². The van der Waals surface area contributed by atoms with Crippen molar-refractivity contribution < 1.29 is 0 Å². The number of guanidine groups is 1. The van der Waals surface area contributed by atoms with E-state index in [0.717, 1.165) is 18.1 Å². The minimum absolute atomic E-state index is 0.380. The Balaban J connectivity index is 2.41. The molecule has 5 heteroatoms. The van der Waals surface area contributed by atoms with Gasteiger partial charge in [0.05, 0.1) is 6.20 Å². The summed E-state index contributed by atoms with van der Waals surface area (Å²) in [6.45, 7) is 4.90. The molecule has 0 radical (unpaired) electrons. The summed E-state index contributed by atoms with van der Waals surface area (Å²) in [6.07, 6.45) is 3.82. The largest absolute Gasteiger partial charge is 0.354 e. The molecule has 84 valence electrons. The molecule has 0 aliphatic carbocycles. The highest BCUT2D eigenvalue weighted by Gasteiger charge is 2.00. The predicted molar refractivity (Wildman–Crippen MR) is 61.7 cm³/mol. The van der Waals surface area contributed by atoms with E-state index in [4.69, 9.17) is 0 Å². The molecule has 15 heavy (non-hydrogen) atoms. The van der Waals surface area contributed by atoms with Crippen molar-refractivity contribution in [1.82, 2.24) is 20.4 Å². The number of nitrogens with one attached hydrogen (secondary N) is 2. The Morgan fingerprint density at radius 3 is 2.80 bits per heavy atom. The van der Waals surface area contributed by atoms with E-state index >= 15 is 0 Å². The number of hydrogen-bond acceptors (Lipinski definition) is 2. The molecule has 1 aromatic rings. The fourth-order valence-electron chi connectivity index (χ4n) is 1.22. The van der Waals surface area contributed by atoms with Crippen LogP contribution in [0.5, 0.6) is 0 Å². The summed E-state index contributed by atoms with van der Waals surface area (Å²) in [5.74, 6) is 0.814. The molecule has 0 spiro atoms. The molecule has 0 aliphatic heterocycles. The molecule has 0 fully saturated rings. The van der Waals surface area contributed by atoms with Gasteiger partial charge in [-0.1, -0.05) is 0 Å². The zero-order valence-corrected chi connectivity index (χ0v) is 9.78. The van der Waals surface area contributed by atoms with E-state index < -0.39 is 0 Å². The van der Waals surface area contributed by atoms with Crippen molar-refractivity contribution in [3.05, 3.63) is 18.0 Å². The summed E-state index contributed by atoms with van der Waals surface area (Å²) in [7, 11) is 3.67. The molecule has 2 N–H and O–H groups in total. The lowest BCUT2D eigenvalue weighted by atomic mass is 10.3. The molecule has 1 heterocycles. The standard InChI is InChI=1S/C10H19N5/c1-8(2)14-10(11-3)12-5-9-6-13-15(4)7-9/h6-8H,5H2,1-4H3,(H2,11,12,14). The Morgan fingerprint density at radius 2 is 2.33 bits per heavy atom. The molecule has 0 atom stereocenters. The van der Waals surface area contributed by atoms with Gasteiger partial charge in [0.1, 0.15) is 0 Å². The van der Waals surface area contributed by atoms with Gasteiger partial charge in [-0.2, -0.15) is 5.10 Å². The molecule has 0 unspecified atom stereocenters. The number of aliphatic imine (C=N–C) groups is 1. The minimum Gasteiger partial charge on any atom is -0.354 e. The van der Waals surface area contributed by atoms with Crippen molar-refractivity contribution in [2.75, 3.05) is 7.05 Å². The van der Waals surface area contributed by atoms with Crippen LogP contribution in [0, 0.1) is 0 Å². The second kappa shape index (κ2) is 5.38. The number of hydrogen-bond donors (Lipinski definition) is 2. The Kier molecular flexibility index (Phi) is 4.15. The van der Waals surface area contributed by atoms with Gasteiger partial charge in [-0.25, -0.2) is 0 Å². The predicted octanol–water partition coefficient (Wildman–Crippen LogP) is 0.493.